The van der Waals surface area contributed by atoms with Gasteiger partial charge in [0.05, 0.1) is 5.02 Å². The monoisotopic (exact) mass is 356 g/mol. The lowest BCUT2D eigenvalue weighted by molar-refractivity contribution is 0.104. The lowest BCUT2D eigenvalue weighted by atomic mass is 10.2. The highest BCUT2D eigenvalue weighted by atomic mass is 35.5. The van der Waals surface area contributed by atoms with E-state index in [4.69, 9.17) is 20.8 Å². The molecule has 2 aromatic heterocycles. The van der Waals surface area contributed by atoms with Crippen molar-refractivity contribution in [2.24, 2.45) is 0 Å². The number of benzene rings is 1. The smallest absolute Gasteiger partial charge is 0.206 e. The molecule has 0 fully saturated rings. The van der Waals surface area contributed by atoms with Gasteiger partial charge in [0.25, 0.3) is 0 Å². The first kappa shape index (κ1) is 17.0. The molecule has 0 unspecified atom stereocenters. The van der Waals surface area contributed by atoms with Crippen LogP contribution in [0, 0.1) is 0 Å². The molecule has 0 bridgehead atoms. The Morgan fingerprint density at radius 2 is 2.12 bits per heavy atom. The molecule has 6 heteroatoms. The van der Waals surface area contributed by atoms with Crippen LogP contribution in [0.5, 0.6) is 5.75 Å². The van der Waals surface area contributed by atoms with Crippen molar-refractivity contribution >= 4 is 23.5 Å². The quantitative estimate of drug-likeness (QED) is 0.457. The predicted octanol–water partition coefficient (Wildman–Crippen LogP) is 4.62. The van der Waals surface area contributed by atoms with Crippen molar-refractivity contribution in [1.29, 1.82) is 0 Å². The molecule has 25 heavy (non-hydrogen) atoms. The molecule has 0 saturated heterocycles. The van der Waals surface area contributed by atoms with Gasteiger partial charge < -0.3 is 9.15 Å². The summed E-state index contributed by atoms with van der Waals surface area (Å²) in [6.07, 6.45) is 4.84. The van der Waals surface area contributed by atoms with Crippen LogP contribution in [0.3, 0.4) is 0 Å². The number of ketones is 1. The Hall–Kier alpha value is -2.79. The van der Waals surface area contributed by atoms with Gasteiger partial charge in [-0.1, -0.05) is 23.7 Å². The molecule has 128 valence electrons. The van der Waals surface area contributed by atoms with Crippen molar-refractivity contribution in [2.75, 3.05) is 0 Å². The third kappa shape index (κ3) is 4.39. The van der Waals surface area contributed by atoms with Gasteiger partial charge in [-0.3, -0.25) is 9.48 Å². The van der Waals surface area contributed by atoms with Crippen LogP contribution >= 0.6 is 11.6 Å². The second-order valence-electron chi connectivity index (χ2n) is 5.28. The Bertz CT molecular complexity index is 895. The minimum Gasteiger partial charge on any atom is -0.484 e. The summed E-state index contributed by atoms with van der Waals surface area (Å²) < 4.78 is 12.9. The Kier molecular flexibility index (Phi) is 5.36. The summed E-state index contributed by atoms with van der Waals surface area (Å²) in [4.78, 5) is 12.1. The number of rotatable bonds is 7. The second kappa shape index (κ2) is 7.85. The Morgan fingerprint density at radius 1 is 1.28 bits per heavy atom. The van der Waals surface area contributed by atoms with Gasteiger partial charge in [0.1, 0.15) is 29.6 Å². The number of ether oxygens (including phenoxy) is 1. The van der Waals surface area contributed by atoms with Crippen LogP contribution in [0.15, 0.2) is 59.2 Å². The van der Waals surface area contributed by atoms with Gasteiger partial charge in [-0.25, -0.2) is 0 Å². The average molecular weight is 357 g/mol. The molecule has 0 amide bonds. The van der Waals surface area contributed by atoms with Gasteiger partial charge in [0, 0.05) is 12.7 Å². The van der Waals surface area contributed by atoms with E-state index in [0.29, 0.717) is 28.0 Å². The Labute approximate surface area is 150 Å². The maximum Gasteiger partial charge on any atom is 0.206 e. The van der Waals surface area contributed by atoms with Crippen LogP contribution in [0.25, 0.3) is 6.08 Å². The van der Waals surface area contributed by atoms with Crippen molar-refractivity contribution in [2.45, 2.75) is 20.1 Å². The average Bonchev–Trinajstić information content (AvgIpc) is 3.28. The van der Waals surface area contributed by atoms with E-state index in [1.165, 1.54) is 6.08 Å². The molecule has 0 atom stereocenters. The van der Waals surface area contributed by atoms with Crippen LogP contribution in [-0.2, 0) is 13.2 Å². The topological polar surface area (TPSA) is 57.3 Å². The number of halogens is 1. The lowest BCUT2D eigenvalue weighted by Crippen LogP contribution is -1.99. The summed E-state index contributed by atoms with van der Waals surface area (Å²) in [5.41, 5.74) is 0.409. The highest BCUT2D eigenvalue weighted by molar-refractivity contribution is 6.32. The van der Waals surface area contributed by atoms with Crippen molar-refractivity contribution in [3.8, 4) is 5.75 Å². The number of para-hydroxylation sites is 1. The molecule has 5 nitrogen and oxygen atoms in total. The van der Waals surface area contributed by atoms with E-state index in [0.717, 1.165) is 6.54 Å². The SMILES string of the molecule is CCn1ccc(C(=O)/C=C/c2ccc(COc3ccccc3Cl)o2)n1. The van der Waals surface area contributed by atoms with Gasteiger partial charge in [0.2, 0.25) is 5.78 Å². The molecule has 0 spiro atoms. The molecule has 0 aliphatic heterocycles. The Balaban J connectivity index is 1.59. The largest absolute Gasteiger partial charge is 0.484 e. The highest BCUT2D eigenvalue weighted by Crippen LogP contribution is 2.24. The molecular formula is C19H17ClN2O3. The first-order valence-corrected chi connectivity index (χ1v) is 8.25. The summed E-state index contributed by atoms with van der Waals surface area (Å²) in [6.45, 7) is 2.95. The zero-order chi connectivity index (χ0) is 17.6. The number of allylic oxidation sites excluding steroid dienone is 1. The molecule has 1 aromatic carbocycles. The zero-order valence-electron chi connectivity index (χ0n) is 13.7. The molecular weight excluding hydrogens is 340 g/mol. The van der Waals surface area contributed by atoms with E-state index in [2.05, 4.69) is 5.10 Å². The number of carbonyl (C=O) groups is 1. The minimum absolute atomic E-state index is 0.169. The number of carbonyl (C=O) groups excluding carboxylic acids is 1. The Morgan fingerprint density at radius 3 is 2.88 bits per heavy atom. The predicted molar refractivity (Wildman–Crippen MR) is 95.8 cm³/mol. The molecule has 3 rings (SSSR count). The van der Waals surface area contributed by atoms with Crippen molar-refractivity contribution in [1.82, 2.24) is 9.78 Å². The fraction of sp³-hybridized carbons (Fsp3) is 0.158. The van der Waals surface area contributed by atoms with Crippen LogP contribution in [0.1, 0.15) is 28.9 Å². The number of nitrogens with zero attached hydrogens (tertiary/aromatic N) is 2. The highest BCUT2D eigenvalue weighted by Gasteiger charge is 2.07. The number of hydrogen-bond acceptors (Lipinski definition) is 4. The fourth-order valence-electron chi connectivity index (χ4n) is 2.18. The van der Waals surface area contributed by atoms with Crippen LogP contribution in [-0.4, -0.2) is 15.6 Å². The molecule has 2 heterocycles. The first-order valence-electron chi connectivity index (χ1n) is 7.87. The number of furan rings is 1. The number of aromatic nitrogens is 2. The summed E-state index contributed by atoms with van der Waals surface area (Å²) in [6, 6.07) is 12.5. The van der Waals surface area contributed by atoms with Crippen molar-refractivity contribution in [3.05, 3.63) is 77.0 Å². The molecule has 0 saturated carbocycles. The lowest BCUT2D eigenvalue weighted by Gasteiger charge is -2.05. The van der Waals surface area contributed by atoms with E-state index in [-0.39, 0.29) is 12.4 Å². The summed E-state index contributed by atoms with van der Waals surface area (Å²) >= 11 is 6.04. The van der Waals surface area contributed by atoms with Gasteiger partial charge in [0.15, 0.2) is 0 Å². The van der Waals surface area contributed by atoms with Gasteiger partial charge in [-0.05, 0) is 49.4 Å². The maximum absolute atomic E-state index is 12.1. The van der Waals surface area contributed by atoms with Crippen LogP contribution in [0.2, 0.25) is 5.02 Å². The third-order valence-corrected chi connectivity index (χ3v) is 3.82. The fourth-order valence-corrected chi connectivity index (χ4v) is 2.38. The van der Waals surface area contributed by atoms with Crippen LogP contribution in [0.4, 0.5) is 0 Å². The zero-order valence-corrected chi connectivity index (χ0v) is 14.4. The van der Waals surface area contributed by atoms with Crippen molar-refractivity contribution in [3.63, 3.8) is 0 Å². The van der Waals surface area contributed by atoms with E-state index in [1.807, 2.05) is 19.1 Å². The summed E-state index contributed by atoms with van der Waals surface area (Å²) in [7, 11) is 0. The van der Waals surface area contributed by atoms with E-state index < -0.39 is 0 Å². The normalized spacial score (nSPS) is 11.1. The van der Waals surface area contributed by atoms with Crippen molar-refractivity contribution < 1.29 is 13.9 Å². The van der Waals surface area contributed by atoms with Gasteiger partial charge in [-0.2, -0.15) is 5.10 Å². The third-order valence-electron chi connectivity index (χ3n) is 3.51. The minimum atomic E-state index is -0.169. The number of hydrogen-bond donors (Lipinski definition) is 0. The van der Waals surface area contributed by atoms with E-state index >= 15 is 0 Å². The van der Waals surface area contributed by atoms with E-state index in [9.17, 15) is 4.79 Å². The van der Waals surface area contributed by atoms with Crippen LogP contribution < -0.4 is 4.74 Å². The van der Waals surface area contributed by atoms with Gasteiger partial charge in [-0.15, -0.1) is 0 Å². The summed E-state index contributed by atoms with van der Waals surface area (Å²) in [5, 5.41) is 4.72. The summed E-state index contributed by atoms with van der Waals surface area (Å²) in [5.74, 6) is 1.64. The number of aryl methyl sites for hydroxylation is 1. The van der Waals surface area contributed by atoms with E-state index in [1.54, 1.807) is 47.3 Å². The maximum atomic E-state index is 12.1. The molecule has 0 N–H and O–H groups in total. The first-order chi connectivity index (χ1) is 12.2. The standard InChI is InChI=1S/C19H17ClN2O3/c1-2-22-12-11-17(21-22)18(23)10-9-14-7-8-15(25-14)13-24-19-6-4-3-5-16(19)20/h3-12H,2,13H2,1H3/b10-9+. The van der Waals surface area contributed by atoms with Gasteiger partial charge >= 0.3 is 0 Å². The molecule has 0 radical (unpaired) electrons. The molecule has 0 aliphatic rings. The molecule has 0 aliphatic carbocycles. The second-order valence-corrected chi connectivity index (χ2v) is 5.68. The molecule has 3 aromatic rings.